The Hall–Kier alpha value is -2.87. The van der Waals surface area contributed by atoms with Crippen LogP contribution in [0.25, 0.3) is 0 Å². The summed E-state index contributed by atoms with van der Waals surface area (Å²) < 4.78 is 34.1. The SMILES string of the molecule is COc1cc(/C=N\NC(=O)CNc2ccc(C)cc2)cc(Cl)c1OC(F)F. The zero-order chi connectivity index (χ0) is 19.8. The molecule has 1 amide bonds. The van der Waals surface area contributed by atoms with E-state index in [2.05, 4.69) is 20.6 Å². The lowest BCUT2D eigenvalue weighted by Gasteiger charge is -2.12. The molecule has 0 aliphatic carbocycles. The van der Waals surface area contributed by atoms with Crippen LogP contribution in [0, 0.1) is 6.92 Å². The fraction of sp³-hybridized carbons (Fsp3) is 0.222. The molecule has 2 aromatic carbocycles. The zero-order valence-electron chi connectivity index (χ0n) is 14.6. The predicted molar refractivity (Wildman–Crippen MR) is 100 cm³/mol. The third kappa shape index (κ3) is 6.41. The summed E-state index contributed by atoms with van der Waals surface area (Å²) in [6, 6.07) is 10.4. The third-order valence-electron chi connectivity index (χ3n) is 3.37. The molecule has 144 valence electrons. The Balaban J connectivity index is 1.93. The lowest BCUT2D eigenvalue weighted by atomic mass is 10.2. The molecular weight excluding hydrogens is 380 g/mol. The fourth-order valence-electron chi connectivity index (χ4n) is 2.09. The molecule has 6 nitrogen and oxygen atoms in total. The minimum Gasteiger partial charge on any atom is -0.493 e. The van der Waals surface area contributed by atoms with E-state index in [-0.39, 0.29) is 29.0 Å². The van der Waals surface area contributed by atoms with E-state index in [1.165, 1.54) is 25.5 Å². The molecule has 0 aliphatic heterocycles. The monoisotopic (exact) mass is 397 g/mol. The minimum absolute atomic E-state index is 0.0246. The van der Waals surface area contributed by atoms with E-state index in [9.17, 15) is 13.6 Å². The van der Waals surface area contributed by atoms with Crippen molar-refractivity contribution in [2.45, 2.75) is 13.5 Å². The Kier molecular flexibility index (Phi) is 7.36. The summed E-state index contributed by atoms with van der Waals surface area (Å²) in [5.74, 6) is -0.600. The predicted octanol–water partition coefficient (Wildman–Crippen LogP) is 3.82. The minimum atomic E-state index is -3.03. The number of hydrazone groups is 1. The average Bonchev–Trinajstić information content (AvgIpc) is 2.63. The largest absolute Gasteiger partial charge is 0.493 e. The summed E-state index contributed by atoms with van der Waals surface area (Å²) in [6.45, 7) is -1.03. The molecule has 2 aromatic rings. The van der Waals surface area contributed by atoms with Crippen LogP contribution in [0.15, 0.2) is 41.5 Å². The number of carbonyl (C=O) groups is 1. The second-order valence-electron chi connectivity index (χ2n) is 5.43. The van der Waals surface area contributed by atoms with Gasteiger partial charge in [0.1, 0.15) is 0 Å². The summed E-state index contributed by atoms with van der Waals surface area (Å²) in [7, 11) is 1.30. The van der Waals surface area contributed by atoms with Gasteiger partial charge in [-0.05, 0) is 36.8 Å². The molecular formula is C18H18ClF2N3O3. The smallest absolute Gasteiger partial charge is 0.387 e. The van der Waals surface area contributed by atoms with Crippen molar-refractivity contribution in [1.29, 1.82) is 0 Å². The Morgan fingerprint density at radius 3 is 2.63 bits per heavy atom. The second kappa shape index (κ2) is 9.72. The van der Waals surface area contributed by atoms with E-state index in [0.29, 0.717) is 5.56 Å². The quantitative estimate of drug-likeness (QED) is 0.524. The van der Waals surface area contributed by atoms with E-state index in [0.717, 1.165) is 11.3 Å². The van der Waals surface area contributed by atoms with Gasteiger partial charge in [0, 0.05) is 5.69 Å². The number of alkyl halides is 2. The van der Waals surface area contributed by atoms with E-state index in [4.69, 9.17) is 16.3 Å². The van der Waals surface area contributed by atoms with Crippen LogP contribution < -0.4 is 20.2 Å². The molecule has 2 rings (SSSR count). The topological polar surface area (TPSA) is 72.0 Å². The molecule has 0 unspecified atom stereocenters. The maximum atomic E-state index is 12.4. The number of hydrogen-bond acceptors (Lipinski definition) is 5. The number of amides is 1. The highest BCUT2D eigenvalue weighted by molar-refractivity contribution is 6.32. The van der Waals surface area contributed by atoms with E-state index in [1.807, 2.05) is 31.2 Å². The first-order chi connectivity index (χ1) is 12.9. The first-order valence-corrected chi connectivity index (χ1v) is 8.21. The lowest BCUT2D eigenvalue weighted by Crippen LogP contribution is -2.25. The number of benzene rings is 2. The Labute approximate surface area is 160 Å². The molecule has 0 saturated carbocycles. The van der Waals surface area contributed by atoms with Gasteiger partial charge in [-0.25, -0.2) is 5.43 Å². The normalized spacial score (nSPS) is 10.9. The lowest BCUT2D eigenvalue weighted by molar-refractivity contribution is -0.119. The number of nitrogens with one attached hydrogen (secondary N) is 2. The number of carbonyl (C=O) groups excluding carboxylic acids is 1. The zero-order valence-corrected chi connectivity index (χ0v) is 15.4. The van der Waals surface area contributed by atoms with Gasteiger partial charge in [-0.15, -0.1) is 0 Å². The molecule has 0 atom stereocenters. The van der Waals surface area contributed by atoms with Crippen molar-refractivity contribution in [3.8, 4) is 11.5 Å². The van der Waals surface area contributed by atoms with Crippen molar-refractivity contribution in [1.82, 2.24) is 5.43 Å². The van der Waals surface area contributed by atoms with Crippen molar-refractivity contribution in [2.24, 2.45) is 5.10 Å². The maximum absolute atomic E-state index is 12.4. The number of aryl methyl sites for hydroxylation is 1. The van der Waals surface area contributed by atoms with E-state index < -0.39 is 6.61 Å². The van der Waals surface area contributed by atoms with Crippen molar-refractivity contribution >= 4 is 29.4 Å². The Morgan fingerprint density at radius 1 is 1.30 bits per heavy atom. The van der Waals surface area contributed by atoms with Crippen LogP contribution in [0.4, 0.5) is 14.5 Å². The fourth-order valence-corrected chi connectivity index (χ4v) is 2.35. The highest BCUT2D eigenvalue weighted by Gasteiger charge is 2.15. The van der Waals surface area contributed by atoms with Crippen LogP contribution in [0.2, 0.25) is 5.02 Å². The Morgan fingerprint density at radius 2 is 2.00 bits per heavy atom. The van der Waals surface area contributed by atoms with Crippen LogP contribution in [-0.2, 0) is 4.79 Å². The first kappa shape index (κ1) is 20.4. The van der Waals surface area contributed by atoms with Gasteiger partial charge in [-0.1, -0.05) is 29.3 Å². The highest BCUT2D eigenvalue weighted by Crippen LogP contribution is 2.37. The van der Waals surface area contributed by atoms with Crippen LogP contribution in [0.3, 0.4) is 0 Å². The highest BCUT2D eigenvalue weighted by atomic mass is 35.5. The number of anilines is 1. The number of methoxy groups -OCH3 is 1. The van der Waals surface area contributed by atoms with Gasteiger partial charge in [0.15, 0.2) is 11.5 Å². The number of rotatable bonds is 8. The number of ether oxygens (including phenoxy) is 2. The van der Waals surface area contributed by atoms with Gasteiger partial charge in [-0.2, -0.15) is 13.9 Å². The van der Waals surface area contributed by atoms with E-state index in [1.54, 1.807) is 0 Å². The summed E-state index contributed by atoms with van der Waals surface area (Å²) in [6.07, 6.45) is 1.31. The molecule has 0 spiro atoms. The summed E-state index contributed by atoms with van der Waals surface area (Å²) in [4.78, 5) is 11.8. The third-order valence-corrected chi connectivity index (χ3v) is 3.65. The van der Waals surface area contributed by atoms with Gasteiger partial charge in [0.2, 0.25) is 0 Å². The molecule has 0 saturated heterocycles. The standard InChI is InChI=1S/C18H18ClF2N3O3/c1-11-3-5-13(6-4-11)22-10-16(25)24-23-9-12-7-14(19)17(27-18(20)21)15(8-12)26-2/h3-9,18,22H,10H2,1-2H3,(H,24,25)/b23-9-. The first-order valence-electron chi connectivity index (χ1n) is 7.84. The van der Waals surface area contributed by atoms with Crippen molar-refractivity contribution in [2.75, 3.05) is 19.0 Å². The number of hydrogen-bond donors (Lipinski definition) is 2. The van der Waals surface area contributed by atoms with Crippen LogP contribution in [0.5, 0.6) is 11.5 Å². The molecule has 9 heteroatoms. The average molecular weight is 398 g/mol. The molecule has 0 radical (unpaired) electrons. The van der Waals surface area contributed by atoms with E-state index >= 15 is 0 Å². The number of nitrogens with zero attached hydrogens (tertiary/aromatic N) is 1. The molecule has 0 heterocycles. The van der Waals surface area contributed by atoms with Gasteiger partial charge in [0.25, 0.3) is 5.91 Å². The van der Waals surface area contributed by atoms with Gasteiger partial charge in [0.05, 0.1) is 24.9 Å². The second-order valence-corrected chi connectivity index (χ2v) is 5.83. The molecule has 27 heavy (non-hydrogen) atoms. The van der Waals surface area contributed by atoms with Crippen molar-refractivity contribution < 1.29 is 23.0 Å². The molecule has 0 bridgehead atoms. The van der Waals surface area contributed by atoms with Crippen LogP contribution >= 0.6 is 11.6 Å². The molecule has 2 N–H and O–H groups in total. The molecule has 0 fully saturated rings. The summed E-state index contributed by atoms with van der Waals surface area (Å²) in [5, 5.41) is 6.70. The van der Waals surface area contributed by atoms with Crippen LogP contribution in [0.1, 0.15) is 11.1 Å². The summed E-state index contributed by atoms with van der Waals surface area (Å²) >= 11 is 5.93. The number of halogens is 3. The molecule has 0 aliphatic rings. The van der Waals surface area contributed by atoms with Gasteiger partial charge in [-0.3, -0.25) is 4.79 Å². The summed E-state index contributed by atoms with van der Waals surface area (Å²) in [5.41, 5.74) is 4.71. The maximum Gasteiger partial charge on any atom is 0.387 e. The molecule has 0 aromatic heterocycles. The van der Waals surface area contributed by atoms with Crippen molar-refractivity contribution in [3.05, 3.63) is 52.5 Å². The van der Waals surface area contributed by atoms with Gasteiger partial charge >= 0.3 is 6.61 Å². The van der Waals surface area contributed by atoms with Crippen molar-refractivity contribution in [3.63, 3.8) is 0 Å². The van der Waals surface area contributed by atoms with Gasteiger partial charge < -0.3 is 14.8 Å². The Bertz CT molecular complexity index is 814. The van der Waals surface area contributed by atoms with Crippen LogP contribution in [-0.4, -0.2) is 32.4 Å².